The quantitative estimate of drug-likeness (QED) is 0.567. The van der Waals surface area contributed by atoms with Gasteiger partial charge in [0.15, 0.2) is 0 Å². The van der Waals surface area contributed by atoms with E-state index in [1.54, 1.807) is 0 Å². The number of hydrogen-bond donors (Lipinski definition) is 0. The summed E-state index contributed by atoms with van der Waals surface area (Å²) in [6.07, 6.45) is 1.07. The zero-order valence-corrected chi connectivity index (χ0v) is 9.01. The number of hydrogen-bond acceptors (Lipinski definition) is 3. The van der Waals surface area contributed by atoms with Gasteiger partial charge in [-0.25, -0.2) is 0 Å². The topological polar surface area (TPSA) is 21.7 Å². The standard InChI is InChI=1S/C8H15NO2.C2H6/c1-9-3-5-11-8(6-9)2-4-10-7-8;1-2/h2-7H2,1H3;1-2H3. The Morgan fingerprint density at radius 3 is 2.54 bits per heavy atom. The minimum Gasteiger partial charge on any atom is -0.378 e. The van der Waals surface area contributed by atoms with Gasteiger partial charge in [0.2, 0.25) is 0 Å². The van der Waals surface area contributed by atoms with E-state index in [-0.39, 0.29) is 5.60 Å². The van der Waals surface area contributed by atoms with Crippen LogP contribution in [0, 0.1) is 0 Å². The molecule has 0 N–H and O–H groups in total. The van der Waals surface area contributed by atoms with Crippen LogP contribution < -0.4 is 0 Å². The second-order valence-corrected chi connectivity index (χ2v) is 3.57. The summed E-state index contributed by atoms with van der Waals surface area (Å²) in [6, 6.07) is 0. The maximum Gasteiger partial charge on any atom is 0.106 e. The van der Waals surface area contributed by atoms with Crippen molar-refractivity contribution in [3.63, 3.8) is 0 Å². The van der Waals surface area contributed by atoms with Crippen molar-refractivity contribution in [1.82, 2.24) is 4.90 Å². The molecule has 3 heteroatoms. The highest BCUT2D eigenvalue weighted by Gasteiger charge is 2.39. The van der Waals surface area contributed by atoms with Crippen LogP contribution in [0.4, 0.5) is 0 Å². The van der Waals surface area contributed by atoms with Crippen molar-refractivity contribution in [2.24, 2.45) is 0 Å². The third kappa shape index (κ3) is 2.66. The summed E-state index contributed by atoms with van der Waals surface area (Å²) in [5, 5.41) is 0. The monoisotopic (exact) mass is 187 g/mol. The number of rotatable bonds is 0. The minimum absolute atomic E-state index is 0.0486. The third-order valence-corrected chi connectivity index (χ3v) is 2.51. The highest BCUT2D eigenvalue weighted by molar-refractivity contribution is 4.90. The molecule has 2 aliphatic heterocycles. The molecule has 0 aromatic carbocycles. The molecular weight excluding hydrogens is 166 g/mol. The van der Waals surface area contributed by atoms with Crippen LogP contribution in [0.25, 0.3) is 0 Å². The van der Waals surface area contributed by atoms with Gasteiger partial charge in [0.25, 0.3) is 0 Å². The normalized spacial score (nSPS) is 34.4. The fraction of sp³-hybridized carbons (Fsp3) is 1.00. The summed E-state index contributed by atoms with van der Waals surface area (Å²) in [6.45, 7) is 8.61. The van der Waals surface area contributed by atoms with Crippen molar-refractivity contribution >= 4 is 0 Å². The van der Waals surface area contributed by atoms with Crippen LogP contribution in [-0.2, 0) is 9.47 Å². The highest BCUT2D eigenvalue weighted by Crippen LogP contribution is 2.26. The molecule has 0 radical (unpaired) electrons. The Morgan fingerprint density at radius 1 is 1.23 bits per heavy atom. The summed E-state index contributed by atoms with van der Waals surface area (Å²) in [5.41, 5.74) is 0.0486. The van der Waals surface area contributed by atoms with Gasteiger partial charge in [0.1, 0.15) is 5.60 Å². The van der Waals surface area contributed by atoms with E-state index in [1.165, 1.54) is 0 Å². The highest BCUT2D eigenvalue weighted by atomic mass is 16.6. The molecule has 0 aromatic heterocycles. The van der Waals surface area contributed by atoms with E-state index >= 15 is 0 Å². The Labute approximate surface area is 81.0 Å². The number of likely N-dealkylation sites (N-methyl/N-ethyl adjacent to an activating group) is 1. The molecule has 3 nitrogen and oxygen atoms in total. The van der Waals surface area contributed by atoms with Crippen LogP contribution >= 0.6 is 0 Å². The fourth-order valence-electron chi connectivity index (χ4n) is 1.86. The molecule has 78 valence electrons. The molecule has 0 amide bonds. The first-order chi connectivity index (χ1) is 6.31. The van der Waals surface area contributed by atoms with E-state index in [0.29, 0.717) is 0 Å². The SMILES string of the molecule is CC.CN1CCOC2(CCOC2)C1. The summed E-state index contributed by atoms with van der Waals surface area (Å²) in [4.78, 5) is 2.32. The first-order valence-corrected chi connectivity index (χ1v) is 5.21. The summed E-state index contributed by atoms with van der Waals surface area (Å²) in [7, 11) is 2.14. The van der Waals surface area contributed by atoms with E-state index in [1.807, 2.05) is 13.8 Å². The molecule has 1 spiro atoms. The first kappa shape index (κ1) is 11.0. The maximum absolute atomic E-state index is 5.73. The first-order valence-electron chi connectivity index (χ1n) is 5.21. The molecule has 2 rings (SSSR count). The Morgan fingerprint density at radius 2 is 2.00 bits per heavy atom. The van der Waals surface area contributed by atoms with Crippen LogP contribution in [-0.4, -0.2) is 50.5 Å². The maximum atomic E-state index is 5.73. The van der Waals surface area contributed by atoms with Gasteiger partial charge in [0.05, 0.1) is 13.2 Å². The number of morpholine rings is 1. The van der Waals surface area contributed by atoms with Gasteiger partial charge in [-0.05, 0) is 7.05 Å². The minimum atomic E-state index is 0.0486. The average Bonchev–Trinajstić information content (AvgIpc) is 2.56. The number of nitrogens with zero attached hydrogens (tertiary/aromatic N) is 1. The predicted molar refractivity (Wildman–Crippen MR) is 53.0 cm³/mol. The van der Waals surface area contributed by atoms with Gasteiger partial charge in [-0.15, -0.1) is 0 Å². The van der Waals surface area contributed by atoms with Crippen molar-refractivity contribution in [2.75, 3.05) is 40.0 Å². The lowest BCUT2D eigenvalue weighted by molar-refractivity contribution is -0.103. The van der Waals surface area contributed by atoms with Crippen molar-refractivity contribution in [2.45, 2.75) is 25.9 Å². The van der Waals surface area contributed by atoms with E-state index < -0.39 is 0 Å². The van der Waals surface area contributed by atoms with E-state index in [4.69, 9.17) is 9.47 Å². The van der Waals surface area contributed by atoms with E-state index in [0.717, 1.165) is 39.3 Å². The summed E-state index contributed by atoms with van der Waals surface area (Å²) in [5.74, 6) is 0. The smallest absolute Gasteiger partial charge is 0.106 e. The fourth-order valence-corrected chi connectivity index (χ4v) is 1.86. The Balaban J connectivity index is 0.000000396. The van der Waals surface area contributed by atoms with Crippen LogP contribution in [0.2, 0.25) is 0 Å². The molecule has 2 fully saturated rings. The van der Waals surface area contributed by atoms with Gasteiger partial charge in [-0.1, -0.05) is 13.8 Å². The summed E-state index contributed by atoms with van der Waals surface area (Å²) >= 11 is 0. The predicted octanol–water partition coefficient (Wildman–Crippen LogP) is 1.13. The van der Waals surface area contributed by atoms with Crippen molar-refractivity contribution < 1.29 is 9.47 Å². The molecular formula is C10H21NO2. The van der Waals surface area contributed by atoms with Crippen LogP contribution in [0.1, 0.15) is 20.3 Å². The van der Waals surface area contributed by atoms with Gasteiger partial charge >= 0.3 is 0 Å². The summed E-state index contributed by atoms with van der Waals surface area (Å²) < 4.78 is 11.1. The lowest BCUT2D eigenvalue weighted by atomic mass is 10.0. The van der Waals surface area contributed by atoms with Crippen LogP contribution in [0.15, 0.2) is 0 Å². The molecule has 0 saturated carbocycles. The largest absolute Gasteiger partial charge is 0.378 e. The van der Waals surface area contributed by atoms with Crippen molar-refractivity contribution in [3.8, 4) is 0 Å². The Kier molecular flexibility index (Phi) is 4.16. The van der Waals surface area contributed by atoms with Crippen LogP contribution in [0.3, 0.4) is 0 Å². The van der Waals surface area contributed by atoms with Gasteiger partial charge < -0.3 is 14.4 Å². The molecule has 1 atom stereocenters. The molecule has 0 aromatic rings. The van der Waals surface area contributed by atoms with Crippen LogP contribution in [0.5, 0.6) is 0 Å². The second kappa shape index (κ2) is 4.94. The molecule has 2 saturated heterocycles. The molecule has 2 heterocycles. The van der Waals surface area contributed by atoms with Gasteiger partial charge in [-0.3, -0.25) is 0 Å². The number of ether oxygens (including phenoxy) is 2. The lowest BCUT2D eigenvalue weighted by Gasteiger charge is -2.37. The molecule has 0 bridgehead atoms. The van der Waals surface area contributed by atoms with E-state index in [2.05, 4.69) is 11.9 Å². The molecule has 13 heavy (non-hydrogen) atoms. The molecule has 2 aliphatic rings. The Bertz CT molecular complexity index is 144. The van der Waals surface area contributed by atoms with Crippen molar-refractivity contribution in [1.29, 1.82) is 0 Å². The zero-order valence-electron chi connectivity index (χ0n) is 9.01. The van der Waals surface area contributed by atoms with Gasteiger partial charge in [-0.2, -0.15) is 0 Å². The molecule has 1 unspecified atom stereocenters. The molecule has 0 aliphatic carbocycles. The zero-order chi connectivity index (χ0) is 9.73. The van der Waals surface area contributed by atoms with E-state index in [9.17, 15) is 0 Å². The van der Waals surface area contributed by atoms with Gasteiger partial charge in [0, 0.05) is 26.1 Å². The Hall–Kier alpha value is -0.120. The van der Waals surface area contributed by atoms with Crippen molar-refractivity contribution in [3.05, 3.63) is 0 Å². The third-order valence-electron chi connectivity index (χ3n) is 2.51. The second-order valence-electron chi connectivity index (χ2n) is 3.57. The average molecular weight is 187 g/mol. The lowest BCUT2D eigenvalue weighted by Crippen LogP contribution is -2.50.